The number of allylic oxidation sites excluding steroid dienone is 1. The Balaban J connectivity index is 1.67. The van der Waals surface area contributed by atoms with Crippen LogP contribution >= 0.6 is 15.9 Å². The van der Waals surface area contributed by atoms with Gasteiger partial charge in [0, 0.05) is 28.2 Å². The van der Waals surface area contributed by atoms with Crippen LogP contribution in [0.4, 0.5) is 5.69 Å². The summed E-state index contributed by atoms with van der Waals surface area (Å²) < 4.78 is 11.9. The van der Waals surface area contributed by atoms with E-state index >= 15 is 0 Å². The van der Waals surface area contributed by atoms with Crippen molar-refractivity contribution < 1.29 is 19.2 Å². The van der Waals surface area contributed by atoms with Gasteiger partial charge in [-0.3, -0.25) is 10.1 Å². The first-order valence-electron chi connectivity index (χ1n) is 9.31. The van der Waals surface area contributed by atoms with Crippen LogP contribution in [-0.4, -0.2) is 10.9 Å². The van der Waals surface area contributed by atoms with E-state index in [9.17, 15) is 20.2 Å². The van der Waals surface area contributed by atoms with Crippen molar-refractivity contribution in [2.24, 2.45) is 5.73 Å². The molecule has 0 fully saturated rings. The summed E-state index contributed by atoms with van der Waals surface area (Å²) in [5, 5.41) is 20.6. The van der Waals surface area contributed by atoms with Crippen LogP contribution in [0.5, 0.6) is 11.5 Å². The molecule has 0 bridgehead atoms. The molecule has 158 valence electrons. The minimum absolute atomic E-state index is 0.0323. The first kappa shape index (κ1) is 21.1. The lowest BCUT2D eigenvalue weighted by Gasteiger charge is -2.26. The third kappa shape index (κ3) is 4.04. The van der Waals surface area contributed by atoms with Crippen molar-refractivity contribution >= 4 is 27.6 Å². The Morgan fingerprint density at radius 3 is 2.59 bits per heavy atom. The molecule has 1 aliphatic rings. The smallest absolute Gasteiger partial charge is 0.343 e. The summed E-state index contributed by atoms with van der Waals surface area (Å²) in [5.41, 5.74) is 7.64. The number of halogens is 1. The molecule has 2 N–H and O–H groups in total. The monoisotopic (exact) mass is 491 g/mol. The number of ether oxygens (including phenoxy) is 2. The van der Waals surface area contributed by atoms with Crippen molar-refractivity contribution in [2.75, 3.05) is 0 Å². The van der Waals surface area contributed by atoms with Crippen LogP contribution in [0.25, 0.3) is 0 Å². The Morgan fingerprint density at radius 2 is 1.91 bits per heavy atom. The molecular formula is C23H14BrN3O5. The summed E-state index contributed by atoms with van der Waals surface area (Å²) in [6, 6.07) is 19.6. The molecule has 0 amide bonds. The molecule has 3 aromatic carbocycles. The number of hydrogen-bond acceptors (Lipinski definition) is 7. The normalized spacial score (nSPS) is 14.7. The lowest BCUT2D eigenvalue weighted by atomic mass is 9.83. The number of nitrogens with two attached hydrogens (primary N) is 1. The zero-order valence-corrected chi connectivity index (χ0v) is 17.9. The summed E-state index contributed by atoms with van der Waals surface area (Å²) in [6.07, 6.45) is 0. The Hall–Kier alpha value is -4.16. The number of non-ortho nitro benzene ring substituents is 1. The summed E-state index contributed by atoms with van der Waals surface area (Å²) in [7, 11) is 0. The zero-order valence-electron chi connectivity index (χ0n) is 16.3. The number of nitro groups is 1. The van der Waals surface area contributed by atoms with Gasteiger partial charge in [0.05, 0.1) is 16.4 Å². The van der Waals surface area contributed by atoms with E-state index in [1.807, 2.05) is 24.3 Å². The zero-order chi connectivity index (χ0) is 22.8. The SMILES string of the molecule is N#CC1=C(N)Oc2cc(OC(=O)c3cccc([N+](=O)[O-])c3)ccc2C1c1ccc(Br)cc1. The van der Waals surface area contributed by atoms with Gasteiger partial charge >= 0.3 is 5.97 Å². The number of fused-ring (bicyclic) bond motifs is 1. The number of nitrogens with zero attached hydrogens (tertiary/aromatic N) is 2. The molecule has 1 aliphatic heterocycles. The van der Waals surface area contributed by atoms with E-state index in [0.29, 0.717) is 11.3 Å². The maximum Gasteiger partial charge on any atom is 0.343 e. The molecule has 0 saturated carbocycles. The molecule has 0 spiro atoms. The van der Waals surface area contributed by atoms with Gasteiger partial charge < -0.3 is 15.2 Å². The van der Waals surface area contributed by atoms with E-state index in [-0.39, 0.29) is 28.5 Å². The van der Waals surface area contributed by atoms with Gasteiger partial charge in [-0.1, -0.05) is 40.2 Å². The summed E-state index contributed by atoms with van der Waals surface area (Å²) in [6.45, 7) is 0. The quantitative estimate of drug-likeness (QED) is 0.240. The van der Waals surface area contributed by atoms with Gasteiger partial charge in [-0.05, 0) is 29.8 Å². The number of carbonyl (C=O) groups is 1. The largest absolute Gasteiger partial charge is 0.440 e. The van der Waals surface area contributed by atoms with Crippen molar-refractivity contribution in [2.45, 2.75) is 5.92 Å². The third-order valence-corrected chi connectivity index (χ3v) is 5.43. The average Bonchev–Trinajstić information content (AvgIpc) is 2.78. The Kier molecular flexibility index (Phi) is 5.62. The number of benzene rings is 3. The van der Waals surface area contributed by atoms with Crippen LogP contribution in [-0.2, 0) is 0 Å². The first-order valence-corrected chi connectivity index (χ1v) is 10.1. The second kappa shape index (κ2) is 8.53. The number of rotatable bonds is 4. The summed E-state index contributed by atoms with van der Waals surface area (Å²) in [4.78, 5) is 22.8. The highest BCUT2D eigenvalue weighted by Crippen LogP contribution is 2.43. The van der Waals surface area contributed by atoms with E-state index in [1.165, 1.54) is 24.3 Å². The van der Waals surface area contributed by atoms with Crippen LogP contribution in [0.1, 0.15) is 27.4 Å². The molecule has 0 saturated heterocycles. The van der Waals surface area contributed by atoms with Crippen molar-refractivity contribution in [1.29, 1.82) is 5.26 Å². The highest BCUT2D eigenvalue weighted by Gasteiger charge is 2.31. The second-order valence-electron chi connectivity index (χ2n) is 6.87. The molecule has 1 heterocycles. The average molecular weight is 492 g/mol. The van der Waals surface area contributed by atoms with Gasteiger partial charge in [0.2, 0.25) is 5.88 Å². The van der Waals surface area contributed by atoms with Crippen LogP contribution in [0.3, 0.4) is 0 Å². The van der Waals surface area contributed by atoms with Crippen molar-refractivity contribution in [3.63, 3.8) is 0 Å². The van der Waals surface area contributed by atoms with Crippen LogP contribution in [0.15, 0.2) is 82.7 Å². The van der Waals surface area contributed by atoms with Gasteiger partial charge in [0.25, 0.3) is 5.69 Å². The highest BCUT2D eigenvalue weighted by atomic mass is 79.9. The maximum absolute atomic E-state index is 12.5. The van der Waals surface area contributed by atoms with E-state index in [0.717, 1.165) is 16.1 Å². The molecule has 1 atom stereocenters. The second-order valence-corrected chi connectivity index (χ2v) is 7.79. The summed E-state index contributed by atoms with van der Waals surface area (Å²) in [5.74, 6) is -0.717. The standard InChI is InChI=1S/C23H14BrN3O5/c24-15-6-4-13(5-7-15)21-18-9-8-17(11-20(18)32-22(26)19(21)12-25)31-23(28)14-2-1-3-16(10-14)27(29)30/h1-11,21H,26H2. The molecule has 0 aliphatic carbocycles. The molecule has 0 aromatic heterocycles. The summed E-state index contributed by atoms with van der Waals surface area (Å²) >= 11 is 3.40. The lowest BCUT2D eigenvalue weighted by Crippen LogP contribution is -2.21. The van der Waals surface area contributed by atoms with Gasteiger partial charge in [-0.2, -0.15) is 5.26 Å². The Bertz CT molecular complexity index is 1310. The van der Waals surface area contributed by atoms with Crippen molar-refractivity contribution in [3.05, 3.63) is 109 Å². The molecule has 8 nitrogen and oxygen atoms in total. The van der Waals surface area contributed by atoms with E-state index < -0.39 is 16.8 Å². The van der Waals surface area contributed by atoms with Crippen molar-refractivity contribution in [3.8, 4) is 17.6 Å². The van der Waals surface area contributed by atoms with Crippen LogP contribution in [0, 0.1) is 21.4 Å². The van der Waals surface area contributed by atoms with Crippen LogP contribution < -0.4 is 15.2 Å². The van der Waals surface area contributed by atoms with Crippen molar-refractivity contribution in [1.82, 2.24) is 0 Å². The predicted octanol–water partition coefficient (Wildman–Crippen LogP) is 4.79. The number of esters is 1. The third-order valence-electron chi connectivity index (χ3n) is 4.90. The molecular weight excluding hydrogens is 478 g/mol. The minimum Gasteiger partial charge on any atom is -0.440 e. The number of nitro benzene ring substituents is 1. The van der Waals surface area contributed by atoms with E-state index in [1.54, 1.807) is 12.1 Å². The van der Waals surface area contributed by atoms with Gasteiger partial charge in [-0.15, -0.1) is 0 Å². The highest BCUT2D eigenvalue weighted by molar-refractivity contribution is 9.10. The fourth-order valence-corrected chi connectivity index (χ4v) is 3.67. The Labute approximate surface area is 190 Å². The van der Waals surface area contributed by atoms with E-state index in [2.05, 4.69) is 22.0 Å². The van der Waals surface area contributed by atoms with Gasteiger partial charge in [0.15, 0.2) is 0 Å². The van der Waals surface area contributed by atoms with Crippen LogP contribution in [0.2, 0.25) is 0 Å². The molecule has 4 rings (SSSR count). The fourth-order valence-electron chi connectivity index (χ4n) is 3.41. The molecule has 3 aromatic rings. The van der Waals surface area contributed by atoms with Gasteiger partial charge in [-0.25, -0.2) is 4.79 Å². The molecule has 0 radical (unpaired) electrons. The fraction of sp³-hybridized carbons (Fsp3) is 0.0435. The minimum atomic E-state index is -0.754. The maximum atomic E-state index is 12.5. The topological polar surface area (TPSA) is 128 Å². The number of carbonyl (C=O) groups excluding carboxylic acids is 1. The lowest BCUT2D eigenvalue weighted by molar-refractivity contribution is -0.384. The Morgan fingerprint density at radius 1 is 1.16 bits per heavy atom. The molecule has 32 heavy (non-hydrogen) atoms. The first-order chi connectivity index (χ1) is 15.4. The van der Waals surface area contributed by atoms with Gasteiger partial charge in [0.1, 0.15) is 23.1 Å². The predicted molar refractivity (Wildman–Crippen MR) is 118 cm³/mol. The number of nitriles is 1. The number of hydrogen-bond donors (Lipinski definition) is 1. The van der Waals surface area contributed by atoms with E-state index in [4.69, 9.17) is 15.2 Å². The molecule has 9 heteroatoms. The molecule has 1 unspecified atom stereocenters.